The number of carbonyl (C=O) groups excluding carboxylic acids is 2. The average molecular weight is 481 g/mol. The molecule has 154 valence electrons. The predicted octanol–water partition coefficient (Wildman–Crippen LogP) is 7.21. The molecule has 1 unspecified atom stereocenters. The van der Waals surface area contributed by atoms with E-state index in [-0.39, 0.29) is 5.92 Å². The van der Waals surface area contributed by atoms with Crippen molar-refractivity contribution in [3.63, 3.8) is 0 Å². The molecule has 0 saturated heterocycles. The van der Waals surface area contributed by atoms with Crippen molar-refractivity contribution < 1.29 is 9.59 Å². The monoisotopic (exact) mass is 482 g/mol. The molecule has 1 atom stereocenters. The van der Waals surface area contributed by atoms with Crippen molar-refractivity contribution in [2.45, 2.75) is 105 Å². The molecule has 0 bridgehead atoms. The van der Waals surface area contributed by atoms with Crippen molar-refractivity contribution in [1.29, 1.82) is 0 Å². The molecule has 0 amide bonds. The van der Waals surface area contributed by atoms with Gasteiger partial charge in [0.05, 0.1) is 0 Å². The number of unbranched alkanes of at least 4 members (excludes halogenated alkanes) is 3. The molecular weight excluding hydrogens is 439 g/mol. The maximum atomic E-state index is 12.7. The number of carbonyl (C=O) groups is 2. The molecule has 0 N–H and O–H groups in total. The van der Waals surface area contributed by atoms with Crippen molar-refractivity contribution >= 4 is 29.9 Å². The quantitative estimate of drug-likeness (QED) is 0.141. The fourth-order valence-electron chi connectivity index (χ4n) is 4.39. The molecule has 3 heteroatoms. The number of Topliss-reactive ketones (excluding diaryl/α,β-unsaturated/α-hetero) is 2. The molecule has 1 fully saturated rings. The third kappa shape index (κ3) is 8.66. The molecule has 2 nitrogen and oxygen atoms in total. The van der Waals surface area contributed by atoms with Crippen LogP contribution in [0.3, 0.4) is 0 Å². The number of hydrogen-bond acceptors (Lipinski definition) is 2. The van der Waals surface area contributed by atoms with E-state index in [1.165, 1.54) is 51.8 Å². The van der Waals surface area contributed by atoms with Crippen LogP contribution in [0.4, 0.5) is 0 Å². The first-order valence-corrected chi connectivity index (χ1v) is 19.1. The Labute approximate surface area is 172 Å². The molecule has 0 aliphatic heterocycles. The Balaban J connectivity index is 3.07. The van der Waals surface area contributed by atoms with Gasteiger partial charge in [-0.25, -0.2) is 0 Å². The first-order chi connectivity index (χ1) is 13.0. The molecule has 27 heavy (non-hydrogen) atoms. The first kappa shape index (κ1) is 24.7. The molecule has 1 aliphatic rings. The minimum absolute atomic E-state index is 0.204. The summed E-state index contributed by atoms with van der Waals surface area (Å²) in [7, 11) is 0. The number of allylic oxidation sites excluding steroid dienone is 2. The van der Waals surface area contributed by atoms with Crippen LogP contribution in [0, 0.1) is 5.92 Å². The van der Waals surface area contributed by atoms with E-state index < -0.39 is 18.4 Å². The van der Waals surface area contributed by atoms with Crippen LogP contribution in [0.5, 0.6) is 0 Å². The van der Waals surface area contributed by atoms with Crippen LogP contribution in [0.1, 0.15) is 91.4 Å². The Morgan fingerprint density at radius 3 is 2.11 bits per heavy atom. The van der Waals surface area contributed by atoms with Crippen molar-refractivity contribution in [2.24, 2.45) is 5.92 Å². The Morgan fingerprint density at radius 2 is 1.63 bits per heavy atom. The third-order valence-electron chi connectivity index (χ3n) is 6.13. The topological polar surface area (TPSA) is 34.1 Å². The summed E-state index contributed by atoms with van der Waals surface area (Å²) in [5, 5.41) is 0. The molecule has 0 aromatic carbocycles. The predicted molar refractivity (Wildman–Crippen MR) is 120 cm³/mol. The molecule has 0 radical (unpaired) electrons. The molecule has 0 heterocycles. The van der Waals surface area contributed by atoms with Crippen LogP contribution in [0.15, 0.2) is 22.3 Å². The second-order valence-corrected chi connectivity index (χ2v) is 21.4. The van der Waals surface area contributed by atoms with Gasteiger partial charge in [0.2, 0.25) is 0 Å². The van der Waals surface area contributed by atoms with E-state index >= 15 is 0 Å². The average Bonchev–Trinajstić information content (AvgIpc) is 3.00. The zero-order valence-corrected chi connectivity index (χ0v) is 21.0. The van der Waals surface area contributed by atoms with E-state index in [1.54, 1.807) is 0 Å². The maximum absolute atomic E-state index is 12.7. The third-order valence-corrected chi connectivity index (χ3v) is 20.3. The second kappa shape index (κ2) is 13.7. The number of rotatable bonds is 15. The minimum atomic E-state index is -2.49. The Morgan fingerprint density at radius 1 is 1.07 bits per heavy atom. The van der Waals surface area contributed by atoms with E-state index in [0.29, 0.717) is 30.8 Å². The van der Waals surface area contributed by atoms with E-state index in [0.717, 1.165) is 18.4 Å². The summed E-state index contributed by atoms with van der Waals surface area (Å²) < 4.78 is 6.74. The van der Waals surface area contributed by atoms with Crippen LogP contribution in [0.2, 0.25) is 13.3 Å². The Hall–Kier alpha value is -0.381. The summed E-state index contributed by atoms with van der Waals surface area (Å²) in [4.78, 5) is 25.0. The fraction of sp³-hybridized carbons (Fsp3) is 0.750. The van der Waals surface area contributed by atoms with Gasteiger partial charge in [0.1, 0.15) is 0 Å². The summed E-state index contributed by atoms with van der Waals surface area (Å²) >= 11 is -2.49. The van der Waals surface area contributed by atoms with Gasteiger partial charge in [-0.2, -0.15) is 0 Å². The standard InChI is InChI=1S/C12H15O2.3C4H9.Sn/c1-3-4-5-11(13)8-10-6-7-12(14)9(10)2;3*1-3-4-2;/h2-3,10H,1,4-8H2;3*1,3-4H2,2H3;. The van der Waals surface area contributed by atoms with Crippen molar-refractivity contribution in [1.82, 2.24) is 0 Å². The molecule has 1 saturated carbocycles. The molecule has 0 spiro atoms. The van der Waals surface area contributed by atoms with Crippen LogP contribution >= 0.6 is 0 Å². The van der Waals surface area contributed by atoms with Gasteiger partial charge in [0.15, 0.2) is 0 Å². The van der Waals surface area contributed by atoms with Gasteiger partial charge in [0.25, 0.3) is 0 Å². The molecule has 0 aromatic heterocycles. The summed E-state index contributed by atoms with van der Waals surface area (Å²) in [5.74, 6) is 0.856. The van der Waals surface area contributed by atoms with Crippen LogP contribution in [-0.2, 0) is 9.59 Å². The first-order valence-electron chi connectivity index (χ1n) is 11.4. The molecule has 1 aliphatic carbocycles. The molecule has 0 aromatic rings. The van der Waals surface area contributed by atoms with E-state index in [2.05, 4.69) is 31.4 Å². The zero-order valence-electron chi connectivity index (χ0n) is 18.2. The fourth-order valence-corrected chi connectivity index (χ4v) is 19.8. The normalized spacial score (nSPS) is 19.0. The second-order valence-electron chi connectivity index (χ2n) is 8.50. The van der Waals surface area contributed by atoms with Gasteiger partial charge in [-0.15, -0.1) is 0 Å². The van der Waals surface area contributed by atoms with Crippen molar-refractivity contribution in [3.8, 4) is 0 Å². The Kier molecular flexibility index (Phi) is 12.5. The Bertz CT molecular complexity index is 485. The zero-order chi connectivity index (χ0) is 20.1. The summed E-state index contributed by atoms with van der Waals surface area (Å²) in [6.07, 6.45) is 12.9. The molecular formula is C24H42O2Sn. The van der Waals surface area contributed by atoms with Crippen molar-refractivity contribution in [2.75, 3.05) is 0 Å². The van der Waals surface area contributed by atoms with Gasteiger partial charge < -0.3 is 0 Å². The van der Waals surface area contributed by atoms with Crippen LogP contribution in [-0.4, -0.2) is 29.9 Å². The molecule has 1 rings (SSSR count). The van der Waals surface area contributed by atoms with Gasteiger partial charge in [-0.1, -0.05) is 0 Å². The van der Waals surface area contributed by atoms with E-state index in [9.17, 15) is 9.59 Å². The van der Waals surface area contributed by atoms with E-state index in [4.69, 9.17) is 0 Å². The van der Waals surface area contributed by atoms with E-state index in [1.807, 2.05) is 6.08 Å². The van der Waals surface area contributed by atoms with Crippen molar-refractivity contribution in [3.05, 3.63) is 22.3 Å². The van der Waals surface area contributed by atoms with Gasteiger partial charge in [-0.3, -0.25) is 0 Å². The van der Waals surface area contributed by atoms with Gasteiger partial charge >= 0.3 is 172 Å². The van der Waals surface area contributed by atoms with Gasteiger partial charge in [-0.05, 0) is 0 Å². The van der Waals surface area contributed by atoms with Crippen LogP contribution in [0.25, 0.3) is 0 Å². The number of hydrogen-bond donors (Lipinski definition) is 0. The van der Waals surface area contributed by atoms with Crippen LogP contribution < -0.4 is 0 Å². The summed E-state index contributed by atoms with van der Waals surface area (Å²) in [6, 6.07) is 0. The summed E-state index contributed by atoms with van der Waals surface area (Å²) in [5.41, 5.74) is 1.08. The SMILES string of the molecule is C=CCCC(=O)CC1CCC(=O)/C1=[CH]/[Sn]([CH2]CCC)([CH2]CCC)[CH2]CCC. The number of ketones is 2. The summed E-state index contributed by atoms with van der Waals surface area (Å²) in [6.45, 7) is 10.6. The van der Waals surface area contributed by atoms with Gasteiger partial charge in [0, 0.05) is 0 Å².